The van der Waals surface area contributed by atoms with Crippen LogP contribution in [-0.2, 0) is 9.59 Å². The van der Waals surface area contributed by atoms with E-state index < -0.39 is 29.7 Å². The predicted octanol–water partition coefficient (Wildman–Crippen LogP) is 2.93. The number of amides is 5. The topological polar surface area (TPSA) is 166 Å². The maximum atomic E-state index is 13.5. The van der Waals surface area contributed by atoms with Crippen LogP contribution < -0.4 is 20.0 Å². The summed E-state index contributed by atoms with van der Waals surface area (Å²) in [5.41, 5.74) is 3.60. The monoisotopic (exact) mass is 790 g/mol. The van der Waals surface area contributed by atoms with Gasteiger partial charge in [-0.3, -0.25) is 39.1 Å². The van der Waals surface area contributed by atoms with Crippen LogP contribution in [0.2, 0.25) is 5.02 Å². The normalized spacial score (nSPS) is 23.8. The lowest BCUT2D eigenvalue weighted by Crippen LogP contribution is -2.63. The number of fused-ring (bicyclic) bond motifs is 1. The molecule has 2 aromatic carbocycles. The van der Waals surface area contributed by atoms with Gasteiger partial charge in [-0.05, 0) is 74.4 Å². The molecule has 5 amide bonds. The summed E-state index contributed by atoms with van der Waals surface area (Å²) in [6, 6.07) is 12.7. The summed E-state index contributed by atoms with van der Waals surface area (Å²) in [5, 5.41) is 12.0. The number of imide groups is 2. The Morgan fingerprint density at radius 1 is 0.895 bits per heavy atom. The van der Waals surface area contributed by atoms with Gasteiger partial charge >= 0.3 is 0 Å². The smallest absolute Gasteiger partial charge is 0.262 e. The number of anilines is 3. The Bertz CT molecular complexity index is 2210. The van der Waals surface area contributed by atoms with Gasteiger partial charge in [0.05, 0.1) is 27.3 Å². The van der Waals surface area contributed by atoms with E-state index in [1.807, 2.05) is 23.1 Å². The van der Waals surface area contributed by atoms with Crippen molar-refractivity contribution in [3.8, 4) is 6.07 Å². The van der Waals surface area contributed by atoms with E-state index in [0.29, 0.717) is 47.3 Å². The molecule has 7 heterocycles. The van der Waals surface area contributed by atoms with Crippen LogP contribution in [0.5, 0.6) is 0 Å². The molecule has 5 saturated heterocycles. The summed E-state index contributed by atoms with van der Waals surface area (Å²) in [6.45, 7) is 9.07. The number of piperidine rings is 2. The van der Waals surface area contributed by atoms with Crippen molar-refractivity contribution >= 4 is 58.5 Å². The molecule has 1 aromatic heterocycles. The van der Waals surface area contributed by atoms with Gasteiger partial charge in [0.1, 0.15) is 12.1 Å². The number of nitrogens with one attached hydrogen (secondary N) is 1. The lowest BCUT2D eigenvalue weighted by Gasteiger charge is -2.49. The van der Waals surface area contributed by atoms with E-state index in [-0.39, 0.29) is 35.3 Å². The molecule has 0 aliphatic carbocycles. The van der Waals surface area contributed by atoms with Crippen molar-refractivity contribution in [2.24, 2.45) is 5.41 Å². The van der Waals surface area contributed by atoms with Crippen molar-refractivity contribution in [1.82, 2.24) is 30.0 Å². The highest BCUT2D eigenvalue weighted by Gasteiger charge is 2.46. The quantitative estimate of drug-likeness (QED) is 0.364. The van der Waals surface area contributed by atoms with Crippen LogP contribution in [0, 0.1) is 16.7 Å². The van der Waals surface area contributed by atoms with Gasteiger partial charge < -0.3 is 19.6 Å². The zero-order chi connectivity index (χ0) is 39.6. The number of nitrogens with zero attached hydrogens (tertiary/aromatic N) is 9. The molecule has 16 heteroatoms. The van der Waals surface area contributed by atoms with E-state index in [0.717, 1.165) is 81.4 Å². The molecule has 0 bridgehead atoms. The third kappa shape index (κ3) is 6.64. The van der Waals surface area contributed by atoms with Crippen molar-refractivity contribution in [1.29, 1.82) is 5.26 Å². The number of nitriles is 1. The summed E-state index contributed by atoms with van der Waals surface area (Å²) >= 11 is 6.36. The number of piperazine rings is 1. The van der Waals surface area contributed by atoms with Crippen LogP contribution in [0.4, 0.5) is 17.3 Å². The van der Waals surface area contributed by atoms with Gasteiger partial charge in [-0.25, -0.2) is 9.97 Å². The molecule has 1 unspecified atom stereocenters. The van der Waals surface area contributed by atoms with Gasteiger partial charge in [-0.2, -0.15) is 5.26 Å². The Kier molecular flexibility index (Phi) is 9.36. The first-order valence-corrected chi connectivity index (χ1v) is 20.1. The lowest BCUT2D eigenvalue weighted by atomic mass is 9.77. The van der Waals surface area contributed by atoms with Crippen LogP contribution in [0.15, 0.2) is 48.8 Å². The maximum Gasteiger partial charge on any atom is 0.262 e. The average molecular weight is 791 g/mol. The van der Waals surface area contributed by atoms with Crippen molar-refractivity contribution < 1.29 is 24.0 Å². The molecule has 6 aliphatic rings. The average Bonchev–Trinajstić information content (AvgIpc) is 3.65. The SMILES string of the molecule is C[C@H]1CC2(CCN(c3ncc(C(=O)N4CCN(C5CN(c6ccc7c(c6)C(=O)N(C6CCC(=O)NC6=O)C7=O)C5)CC4)cn3)CC2)CN1c1ccc(C#N)c(Cl)c1. The molecule has 294 valence electrons. The van der Waals surface area contributed by atoms with Crippen molar-refractivity contribution in [2.45, 2.75) is 57.2 Å². The number of hydrogen-bond donors (Lipinski definition) is 1. The summed E-state index contributed by atoms with van der Waals surface area (Å²) in [6.07, 6.45) is 6.63. The molecule has 15 nitrogen and oxygen atoms in total. The number of rotatable bonds is 6. The fourth-order valence-corrected chi connectivity index (χ4v) is 9.82. The molecule has 1 spiro atoms. The van der Waals surface area contributed by atoms with Crippen LogP contribution in [0.1, 0.15) is 75.7 Å². The zero-order valence-electron chi connectivity index (χ0n) is 31.7. The molecule has 3 aromatic rings. The Balaban J connectivity index is 0.741. The molecular formula is C41H43ClN10O5. The van der Waals surface area contributed by atoms with Gasteiger partial charge in [-0.1, -0.05) is 11.6 Å². The molecule has 9 rings (SSSR count). The Morgan fingerprint density at radius 2 is 1.60 bits per heavy atom. The van der Waals surface area contributed by atoms with Gasteiger partial charge in [0.2, 0.25) is 17.8 Å². The highest BCUT2D eigenvalue weighted by atomic mass is 35.5. The lowest BCUT2D eigenvalue weighted by molar-refractivity contribution is -0.136. The Labute approximate surface area is 335 Å². The van der Waals surface area contributed by atoms with Crippen LogP contribution in [0.3, 0.4) is 0 Å². The first-order chi connectivity index (χ1) is 27.5. The second-order valence-electron chi connectivity index (χ2n) is 16.3. The number of benzene rings is 2. The van der Waals surface area contributed by atoms with Gasteiger partial charge in [-0.15, -0.1) is 0 Å². The van der Waals surface area contributed by atoms with Crippen molar-refractivity contribution in [3.63, 3.8) is 0 Å². The molecule has 2 atom stereocenters. The van der Waals surface area contributed by atoms with E-state index >= 15 is 0 Å². The standard InChI is InChI=1S/C41H43ClN10O5/c1-25-18-41(24-51(25)29-3-2-26(19-43)33(42)17-29)8-10-49(11-9-41)40-44-20-27(21-45-40)37(55)48-14-12-47(13-15-48)30-22-50(23-30)28-4-5-31-32(16-28)39(57)52(38(31)56)34-6-7-35(53)46-36(34)54/h2-5,16-17,20-21,25,30,34H,6-15,18,22-24H2,1H3,(H,46,53,54)/t25-,34?/m0/s1. The molecule has 6 aliphatic heterocycles. The van der Waals surface area contributed by atoms with Gasteiger partial charge in [0.25, 0.3) is 17.7 Å². The number of aromatic nitrogens is 2. The fourth-order valence-electron chi connectivity index (χ4n) is 9.60. The van der Waals surface area contributed by atoms with E-state index in [4.69, 9.17) is 11.6 Å². The van der Waals surface area contributed by atoms with Crippen molar-refractivity contribution in [3.05, 3.63) is 76.1 Å². The highest BCUT2D eigenvalue weighted by Crippen LogP contribution is 2.45. The van der Waals surface area contributed by atoms with E-state index in [9.17, 15) is 29.2 Å². The van der Waals surface area contributed by atoms with E-state index in [1.165, 1.54) is 0 Å². The second-order valence-corrected chi connectivity index (χ2v) is 16.7. The predicted molar refractivity (Wildman–Crippen MR) is 210 cm³/mol. The number of hydrogen-bond acceptors (Lipinski definition) is 12. The number of carbonyl (C=O) groups is 5. The van der Waals surface area contributed by atoms with E-state index in [2.05, 4.69) is 47.9 Å². The van der Waals surface area contributed by atoms with Gasteiger partial charge in [0.15, 0.2) is 0 Å². The largest absolute Gasteiger partial charge is 0.368 e. The van der Waals surface area contributed by atoms with E-state index in [1.54, 1.807) is 30.6 Å². The molecule has 0 radical (unpaired) electrons. The minimum absolute atomic E-state index is 0.0688. The van der Waals surface area contributed by atoms with Crippen LogP contribution in [-0.4, -0.2) is 131 Å². The number of carbonyl (C=O) groups excluding carboxylic acids is 5. The van der Waals surface area contributed by atoms with Gasteiger partial charge in [0, 0.05) is 101 Å². The summed E-state index contributed by atoms with van der Waals surface area (Å²) < 4.78 is 0. The summed E-state index contributed by atoms with van der Waals surface area (Å²) in [7, 11) is 0. The second kappa shape index (κ2) is 14.4. The molecule has 1 N–H and O–H groups in total. The first-order valence-electron chi connectivity index (χ1n) is 19.7. The third-order valence-corrected chi connectivity index (χ3v) is 13.2. The fraction of sp³-hybridized carbons (Fsp3) is 0.463. The first kappa shape index (κ1) is 37.0. The molecule has 0 saturated carbocycles. The summed E-state index contributed by atoms with van der Waals surface area (Å²) in [4.78, 5) is 85.1. The highest BCUT2D eigenvalue weighted by molar-refractivity contribution is 6.32. The third-order valence-electron chi connectivity index (χ3n) is 12.9. The minimum Gasteiger partial charge on any atom is -0.368 e. The summed E-state index contributed by atoms with van der Waals surface area (Å²) in [5.74, 6) is -1.47. The molecule has 5 fully saturated rings. The molecule has 57 heavy (non-hydrogen) atoms. The van der Waals surface area contributed by atoms with Crippen molar-refractivity contribution in [2.75, 3.05) is 73.6 Å². The maximum absolute atomic E-state index is 13.5. The van der Waals surface area contributed by atoms with Crippen LogP contribution >= 0.6 is 11.6 Å². The minimum atomic E-state index is -0.990. The number of halogens is 1. The Morgan fingerprint density at radius 3 is 2.28 bits per heavy atom. The Hall–Kier alpha value is -5.59. The zero-order valence-corrected chi connectivity index (χ0v) is 32.5. The van der Waals surface area contributed by atoms with Crippen LogP contribution in [0.25, 0.3) is 0 Å². The molecular weight excluding hydrogens is 748 g/mol.